The number of unbranched alkanes of at least 4 members (excludes halogenated alkanes) is 11. The topological polar surface area (TPSA) is 86.7 Å². The molecule has 0 aliphatic carbocycles. The molecule has 0 radical (unpaired) electrons. The van der Waals surface area contributed by atoms with E-state index in [2.05, 4.69) is 6.92 Å². The fraction of sp³-hybridized carbons (Fsp3) is 0.538. The normalized spacial score (nSPS) is 11.2. The summed E-state index contributed by atoms with van der Waals surface area (Å²) in [5.41, 5.74) is 1.10. The first-order valence-electron chi connectivity index (χ1n) is 12.0. The zero-order valence-corrected chi connectivity index (χ0v) is 23.0. The van der Waals surface area contributed by atoms with Gasteiger partial charge in [0.1, 0.15) is 16.4 Å². The molecule has 2 rings (SSSR count). The molecule has 2 aromatic rings. The van der Waals surface area contributed by atoms with Crippen molar-refractivity contribution in [3.63, 3.8) is 0 Å². The van der Waals surface area contributed by atoms with E-state index in [1.165, 1.54) is 82.8 Å². The molecule has 0 aliphatic rings. The van der Waals surface area contributed by atoms with Gasteiger partial charge in [-0.05, 0) is 36.6 Å². The van der Waals surface area contributed by atoms with Gasteiger partial charge in [0, 0.05) is 0 Å². The van der Waals surface area contributed by atoms with Crippen LogP contribution >= 0.6 is 0 Å². The van der Waals surface area contributed by atoms with E-state index in [0.29, 0.717) is 5.75 Å². The molecule has 0 saturated heterocycles. The molecule has 0 spiro atoms. The van der Waals surface area contributed by atoms with E-state index in [-0.39, 0.29) is 35.3 Å². The third-order valence-electron chi connectivity index (χ3n) is 5.65. The van der Waals surface area contributed by atoms with Crippen molar-refractivity contribution in [2.45, 2.75) is 95.3 Å². The molecule has 0 unspecified atom stereocenters. The van der Waals surface area contributed by atoms with Gasteiger partial charge in [-0.3, -0.25) is 4.55 Å². The van der Waals surface area contributed by atoms with Gasteiger partial charge in [0.15, 0.2) is 0 Å². The van der Waals surface area contributed by atoms with Crippen LogP contribution in [0.15, 0.2) is 47.4 Å². The van der Waals surface area contributed by atoms with Crippen LogP contribution in [0.1, 0.15) is 89.5 Å². The van der Waals surface area contributed by atoms with Crippen LogP contribution < -0.4 is 39.4 Å². The van der Waals surface area contributed by atoms with Gasteiger partial charge >= 0.3 is 29.6 Å². The largest absolute Gasteiger partial charge is 1.00 e. The van der Waals surface area contributed by atoms with Crippen molar-refractivity contribution in [2.24, 2.45) is 0 Å². The van der Waals surface area contributed by atoms with Crippen LogP contribution in [0.4, 0.5) is 0 Å². The Balaban J connectivity index is 0.00000544. The number of ether oxygens (including phenoxy) is 1. The Morgan fingerprint density at radius 3 is 1.94 bits per heavy atom. The Kier molecular flexibility index (Phi) is 15.0. The van der Waals surface area contributed by atoms with E-state index in [1.807, 2.05) is 18.2 Å². The maximum atomic E-state index is 11.9. The van der Waals surface area contributed by atoms with E-state index < -0.39 is 20.8 Å². The molecule has 178 valence electrons. The molecular formula is C26H37NaO5S. The van der Waals surface area contributed by atoms with Crippen molar-refractivity contribution in [2.75, 3.05) is 0 Å². The molecule has 0 amide bonds. The minimum atomic E-state index is -4.67. The average Bonchev–Trinajstić information content (AvgIpc) is 2.74. The second-order valence-electron chi connectivity index (χ2n) is 8.45. The summed E-state index contributed by atoms with van der Waals surface area (Å²) in [6.45, 7) is 2.25. The second-order valence-corrected chi connectivity index (χ2v) is 9.81. The summed E-state index contributed by atoms with van der Waals surface area (Å²) in [5, 5.41) is 11.9. The number of hydrogen-bond donors (Lipinski definition) is 1. The smallest absolute Gasteiger partial charge is 0.871 e. The summed E-state index contributed by atoms with van der Waals surface area (Å²) in [6, 6.07) is 11.3. The van der Waals surface area contributed by atoms with Crippen LogP contribution in [0.5, 0.6) is 17.2 Å². The first kappa shape index (κ1) is 30.0. The van der Waals surface area contributed by atoms with E-state index in [9.17, 15) is 18.1 Å². The summed E-state index contributed by atoms with van der Waals surface area (Å²) in [6.07, 6.45) is 16.6. The quantitative estimate of drug-likeness (QED) is 0.221. The number of rotatable bonds is 16. The zero-order chi connectivity index (χ0) is 23.2. The number of aryl methyl sites for hydroxylation is 1. The summed E-state index contributed by atoms with van der Waals surface area (Å²) < 4.78 is 38.1. The van der Waals surface area contributed by atoms with Crippen molar-refractivity contribution < 1.29 is 52.4 Å². The van der Waals surface area contributed by atoms with Gasteiger partial charge in [-0.2, -0.15) is 8.42 Å². The fourth-order valence-electron chi connectivity index (χ4n) is 3.89. The van der Waals surface area contributed by atoms with Gasteiger partial charge in [-0.15, -0.1) is 0 Å². The number of benzene rings is 2. The molecule has 0 saturated carbocycles. The van der Waals surface area contributed by atoms with Crippen LogP contribution in [-0.4, -0.2) is 13.0 Å². The molecule has 0 fully saturated rings. The van der Waals surface area contributed by atoms with E-state index >= 15 is 0 Å². The predicted octanol–water partition coefficient (Wildman–Crippen LogP) is 4.05. The zero-order valence-electron chi connectivity index (χ0n) is 20.2. The summed E-state index contributed by atoms with van der Waals surface area (Å²) in [5.74, 6) is -0.517. The SMILES string of the molecule is CCCCCCCCCCCCCCc1cccc(Oc2cccc([O-])c2S(=O)(=O)O)c1.[Na+]. The van der Waals surface area contributed by atoms with Crippen molar-refractivity contribution >= 4 is 10.1 Å². The van der Waals surface area contributed by atoms with Crippen molar-refractivity contribution in [1.82, 2.24) is 0 Å². The molecule has 2 aromatic carbocycles. The van der Waals surface area contributed by atoms with Gasteiger partial charge in [0.05, 0.1) is 0 Å². The molecular weight excluding hydrogens is 447 g/mol. The molecule has 1 N–H and O–H groups in total. The van der Waals surface area contributed by atoms with Gasteiger partial charge in [0.2, 0.25) is 0 Å². The van der Waals surface area contributed by atoms with Crippen molar-refractivity contribution in [1.29, 1.82) is 0 Å². The Morgan fingerprint density at radius 2 is 1.36 bits per heavy atom. The van der Waals surface area contributed by atoms with Crippen LogP contribution in [0, 0.1) is 0 Å². The maximum Gasteiger partial charge on any atom is 1.00 e. The Labute approximate surface area is 222 Å². The third kappa shape index (κ3) is 11.8. The van der Waals surface area contributed by atoms with Crippen molar-refractivity contribution in [3.05, 3.63) is 48.0 Å². The first-order chi connectivity index (χ1) is 15.4. The first-order valence-corrected chi connectivity index (χ1v) is 13.4. The van der Waals surface area contributed by atoms with E-state index in [1.54, 1.807) is 6.07 Å². The minimum absolute atomic E-state index is 0. The Hall–Kier alpha value is -1.05. The summed E-state index contributed by atoms with van der Waals surface area (Å²) in [4.78, 5) is -0.730. The number of hydrogen-bond acceptors (Lipinski definition) is 4. The van der Waals surface area contributed by atoms with Gasteiger partial charge < -0.3 is 9.84 Å². The molecule has 0 aliphatic heterocycles. The molecule has 0 atom stereocenters. The van der Waals surface area contributed by atoms with Gasteiger partial charge in [0.25, 0.3) is 10.1 Å². The van der Waals surface area contributed by atoms with Gasteiger partial charge in [-0.25, -0.2) is 0 Å². The third-order valence-corrected chi connectivity index (χ3v) is 6.56. The molecule has 33 heavy (non-hydrogen) atoms. The Morgan fingerprint density at radius 1 is 0.818 bits per heavy atom. The monoisotopic (exact) mass is 484 g/mol. The van der Waals surface area contributed by atoms with E-state index in [0.717, 1.165) is 24.5 Å². The van der Waals surface area contributed by atoms with Crippen LogP contribution in [0.3, 0.4) is 0 Å². The molecule has 0 bridgehead atoms. The maximum absolute atomic E-state index is 11.9. The van der Waals surface area contributed by atoms with Crippen LogP contribution in [0.25, 0.3) is 0 Å². The molecule has 5 nitrogen and oxygen atoms in total. The standard InChI is InChI=1S/C26H38O5S.Na/c1-2-3-4-5-6-7-8-9-10-11-12-13-16-22-17-14-18-23(21-22)31-25-20-15-19-24(27)26(25)32(28,29)30;/h14-15,17-21,27H,2-13,16H2,1H3,(H,28,29,30);/q;+1/p-1. The second kappa shape index (κ2) is 16.6. The van der Waals surface area contributed by atoms with Crippen molar-refractivity contribution in [3.8, 4) is 17.2 Å². The molecule has 7 heteroatoms. The average molecular weight is 485 g/mol. The molecule has 0 aromatic heterocycles. The summed E-state index contributed by atoms with van der Waals surface area (Å²) >= 11 is 0. The van der Waals surface area contributed by atoms with E-state index in [4.69, 9.17) is 4.74 Å². The predicted molar refractivity (Wildman–Crippen MR) is 127 cm³/mol. The minimum Gasteiger partial charge on any atom is -0.871 e. The molecule has 0 heterocycles. The fourth-order valence-corrected chi connectivity index (χ4v) is 4.58. The van der Waals surface area contributed by atoms with Crippen LogP contribution in [-0.2, 0) is 16.5 Å². The van der Waals surface area contributed by atoms with Crippen LogP contribution in [0.2, 0.25) is 0 Å². The summed E-state index contributed by atoms with van der Waals surface area (Å²) in [7, 11) is -4.67. The Bertz CT molecular complexity index is 915. The van der Waals surface area contributed by atoms with Gasteiger partial charge in [-0.1, -0.05) is 108 Å².